The van der Waals surface area contributed by atoms with E-state index in [-0.39, 0.29) is 37.4 Å². The molecule has 0 spiro atoms. The van der Waals surface area contributed by atoms with E-state index in [4.69, 9.17) is 15.2 Å². The van der Waals surface area contributed by atoms with Gasteiger partial charge < -0.3 is 14.8 Å². The molecule has 1 aromatic carbocycles. The number of rotatable bonds is 4. The molecule has 3 heterocycles. The molecule has 0 radical (unpaired) electrons. The molecular formula is C16H22Cl2N6O. The molecule has 1 aliphatic heterocycles. The number of hydrogen-bond donors (Lipinski definition) is 1. The van der Waals surface area contributed by atoms with E-state index in [0.29, 0.717) is 18.3 Å². The van der Waals surface area contributed by atoms with E-state index in [9.17, 15) is 0 Å². The fourth-order valence-corrected chi connectivity index (χ4v) is 3.39. The van der Waals surface area contributed by atoms with Crippen molar-refractivity contribution in [2.75, 3.05) is 6.54 Å². The van der Waals surface area contributed by atoms with Gasteiger partial charge in [0.25, 0.3) is 0 Å². The van der Waals surface area contributed by atoms with Gasteiger partial charge in [-0.2, -0.15) is 4.98 Å². The molecule has 0 bridgehead atoms. The second-order valence-electron chi connectivity index (χ2n) is 5.95. The minimum atomic E-state index is 0. The van der Waals surface area contributed by atoms with Crippen LogP contribution in [0.15, 0.2) is 28.8 Å². The van der Waals surface area contributed by atoms with E-state index in [1.54, 1.807) is 0 Å². The molecule has 2 aromatic heterocycles. The fourth-order valence-electron chi connectivity index (χ4n) is 3.39. The van der Waals surface area contributed by atoms with Gasteiger partial charge in [-0.05, 0) is 31.5 Å². The first-order chi connectivity index (χ1) is 11.3. The number of halogens is 2. The van der Waals surface area contributed by atoms with Gasteiger partial charge in [0.2, 0.25) is 5.89 Å². The lowest BCUT2D eigenvalue weighted by atomic mass is 10.2. The standard InChI is InChI=1S/C16H20N6O.2ClH/c1-21-12-6-3-2-5-11(12)18-16(21)13-7-4-8-22(13)10-14-19-15(9-17)23-20-14;;/h2-3,5-6,13H,4,7-10,17H2,1H3;2*1H. The summed E-state index contributed by atoms with van der Waals surface area (Å²) in [6.07, 6.45) is 2.24. The van der Waals surface area contributed by atoms with Crippen LogP contribution in [0.25, 0.3) is 11.0 Å². The maximum absolute atomic E-state index is 5.53. The third-order valence-electron chi connectivity index (χ3n) is 4.51. The fraction of sp³-hybridized carbons (Fsp3) is 0.438. The van der Waals surface area contributed by atoms with E-state index in [1.807, 2.05) is 12.1 Å². The molecule has 0 aliphatic carbocycles. The van der Waals surface area contributed by atoms with Crippen LogP contribution in [0.1, 0.15) is 36.4 Å². The zero-order valence-electron chi connectivity index (χ0n) is 14.0. The van der Waals surface area contributed by atoms with Gasteiger partial charge >= 0.3 is 0 Å². The molecular weight excluding hydrogens is 363 g/mol. The zero-order chi connectivity index (χ0) is 15.8. The highest BCUT2D eigenvalue weighted by Crippen LogP contribution is 2.33. The highest BCUT2D eigenvalue weighted by atomic mass is 35.5. The molecule has 0 amide bonds. The smallest absolute Gasteiger partial charge is 0.240 e. The van der Waals surface area contributed by atoms with Crippen LogP contribution in [0.5, 0.6) is 0 Å². The molecule has 1 fully saturated rings. The Balaban J connectivity index is 0.00000113. The summed E-state index contributed by atoms with van der Waals surface area (Å²) in [5, 5.41) is 4.01. The minimum absolute atomic E-state index is 0. The lowest BCUT2D eigenvalue weighted by Gasteiger charge is -2.22. The van der Waals surface area contributed by atoms with Crippen LogP contribution in [0.3, 0.4) is 0 Å². The molecule has 136 valence electrons. The molecule has 1 unspecified atom stereocenters. The lowest BCUT2D eigenvalue weighted by molar-refractivity contribution is 0.227. The Morgan fingerprint density at radius 2 is 2.04 bits per heavy atom. The maximum Gasteiger partial charge on any atom is 0.240 e. The van der Waals surface area contributed by atoms with Gasteiger partial charge in [0.05, 0.1) is 30.2 Å². The first-order valence-corrected chi connectivity index (χ1v) is 7.93. The largest absolute Gasteiger partial charge is 0.338 e. The van der Waals surface area contributed by atoms with E-state index in [2.05, 4.69) is 38.8 Å². The highest BCUT2D eigenvalue weighted by Gasteiger charge is 2.30. The van der Waals surface area contributed by atoms with E-state index in [0.717, 1.165) is 30.7 Å². The van der Waals surface area contributed by atoms with Crippen molar-refractivity contribution in [3.63, 3.8) is 0 Å². The summed E-state index contributed by atoms with van der Waals surface area (Å²) in [7, 11) is 2.09. The number of likely N-dealkylation sites (tertiary alicyclic amines) is 1. The van der Waals surface area contributed by atoms with Gasteiger partial charge in [0, 0.05) is 7.05 Å². The van der Waals surface area contributed by atoms with Crippen LogP contribution in [0.2, 0.25) is 0 Å². The number of benzene rings is 1. The Morgan fingerprint density at radius 1 is 1.24 bits per heavy atom. The van der Waals surface area contributed by atoms with Crippen molar-refractivity contribution in [2.24, 2.45) is 12.8 Å². The van der Waals surface area contributed by atoms with Crippen LogP contribution in [0.4, 0.5) is 0 Å². The van der Waals surface area contributed by atoms with Crippen LogP contribution in [-0.4, -0.2) is 31.1 Å². The van der Waals surface area contributed by atoms with E-state index in [1.165, 1.54) is 5.52 Å². The van der Waals surface area contributed by atoms with Gasteiger partial charge in [-0.25, -0.2) is 4.98 Å². The molecule has 2 N–H and O–H groups in total. The lowest BCUT2D eigenvalue weighted by Crippen LogP contribution is -2.25. The number of imidazole rings is 1. The van der Waals surface area contributed by atoms with Gasteiger partial charge in [-0.15, -0.1) is 24.8 Å². The first-order valence-electron chi connectivity index (χ1n) is 7.93. The molecule has 7 nitrogen and oxygen atoms in total. The topological polar surface area (TPSA) is 86.0 Å². The van der Waals surface area contributed by atoms with Gasteiger partial charge in [0.1, 0.15) is 5.82 Å². The van der Waals surface area contributed by atoms with Crippen molar-refractivity contribution < 1.29 is 4.52 Å². The van der Waals surface area contributed by atoms with Crippen molar-refractivity contribution in [2.45, 2.75) is 32.0 Å². The monoisotopic (exact) mass is 384 g/mol. The Hall–Kier alpha value is -1.67. The summed E-state index contributed by atoms with van der Waals surface area (Å²) in [6, 6.07) is 8.53. The predicted octanol–water partition coefficient (Wildman–Crippen LogP) is 2.60. The third-order valence-corrected chi connectivity index (χ3v) is 4.51. The maximum atomic E-state index is 5.53. The molecule has 3 aromatic rings. The summed E-state index contributed by atoms with van der Waals surface area (Å²) in [6.45, 7) is 1.96. The molecule has 1 atom stereocenters. The molecule has 9 heteroatoms. The zero-order valence-corrected chi connectivity index (χ0v) is 15.6. The normalized spacial score (nSPS) is 17.4. The predicted molar refractivity (Wildman–Crippen MR) is 99.8 cm³/mol. The Morgan fingerprint density at radius 3 is 2.76 bits per heavy atom. The number of nitrogens with zero attached hydrogens (tertiary/aromatic N) is 5. The average Bonchev–Trinajstić information content (AvgIpc) is 3.28. The van der Waals surface area contributed by atoms with E-state index >= 15 is 0 Å². The van der Waals surface area contributed by atoms with Crippen molar-refractivity contribution in [3.8, 4) is 0 Å². The number of aromatic nitrogens is 4. The highest BCUT2D eigenvalue weighted by molar-refractivity contribution is 5.85. The molecule has 1 aliphatic rings. The quantitative estimate of drug-likeness (QED) is 0.743. The number of para-hydroxylation sites is 2. The summed E-state index contributed by atoms with van der Waals surface area (Å²) >= 11 is 0. The number of hydrogen-bond acceptors (Lipinski definition) is 6. The Bertz CT molecular complexity index is 833. The van der Waals surface area contributed by atoms with Crippen LogP contribution >= 0.6 is 24.8 Å². The molecule has 0 saturated carbocycles. The van der Waals surface area contributed by atoms with Crippen molar-refractivity contribution >= 4 is 35.8 Å². The minimum Gasteiger partial charge on any atom is -0.338 e. The average molecular weight is 385 g/mol. The summed E-state index contributed by atoms with van der Waals surface area (Å²) in [5.41, 5.74) is 7.74. The van der Waals surface area contributed by atoms with Gasteiger partial charge in [-0.3, -0.25) is 4.90 Å². The van der Waals surface area contributed by atoms with Crippen LogP contribution in [-0.2, 0) is 20.1 Å². The second kappa shape index (κ2) is 8.14. The molecule has 25 heavy (non-hydrogen) atoms. The van der Waals surface area contributed by atoms with Gasteiger partial charge in [-0.1, -0.05) is 17.3 Å². The number of fused-ring (bicyclic) bond motifs is 1. The van der Waals surface area contributed by atoms with E-state index < -0.39 is 0 Å². The second-order valence-corrected chi connectivity index (χ2v) is 5.95. The third kappa shape index (κ3) is 3.64. The van der Waals surface area contributed by atoms with Crippen molar-refractivity contribution in [1.82, 2.24) is 24.6 Å². The summed E-state index contributed by atoms with van der Waals surface area (Å²) in [5.74, 6) is 2.28. The SMILES string of the molecule is Cl.Cl.Cn1c(C2CCCN2Cc2noc(CN)n2)nc2ccccc21. The van der Waals surface area contributed by atoms with Gasteiger partial charge in [0.15, 0.2) is 5.82 Å². The summed E-state index contributed by atoms with van der Waals surface area (Å²) < 4.78 is 7.30. The Labute approximate surface area is 158 Å². The van der Waals surface area contributed by atoms with Crippen LogP contribution < -0.4 is 5.73 Å². The molecule has 1 saturated heterocycles. The van der Waals surface area contributed by atoms with Crippen molar-refractivity contribution in [3.05, 3.63) is 41.8 Å². The number of aryl methyl sites for hydroxylation is 1. The Kier molecular flexibility index (Phi) is 6.40. The summed E-state index contributed by atoms with van der Waals surface area (Å²) in [4.78, 5) is 11.5. The first kappa shape index (κ1) is 19.7. The van der Waals surface area contributed by atoms with Crippen LogP contribution in [0, 0.1) is 0 Å². The molecule has 4 rings (SSSR count). The number of nitrogens with two attached hydrogens (primary N) is 1. The van der Waals surface area contributed by atoms with Crippen molar-refractivity contribution in [1.29, 1.82) is 0 Å².